The molecule has 0 saturated carbocycles. The largest absolute Gasteiger partial charge is 0.486 e. The van der Waals surface area contributed by atoms with Crippen LogP contribution in [0.1, 0.15) is 15.4 Å². The third-order valence-electron chi connectivity index (χ3n) is 3.41. The zero-order valence-corrected chi connectivity index (χ0v) is 13.5. The maximum atomic E-state index is 5.80. The fourth-order valence-corrected chi connectivity index (χ4v) is 3.07. The Morgan fingerprint density at radius 1 is 1.00 bits per heavy atom. The third-order valence-corrected chi connectivity index (χ3v) is 4.35. The summed E-state index contributed by atoms with van der Waals surface area (Å²) in [5.41, 5.74) is 9.82. The molecule has 3 nitrogen and oxygen atoms in total. The van der Waals surface area contributed by atoms with E-state index in [4.69, 9.17) is 15.5 Å². The fraction of sp³-hybridized carbons (Fsp3) is 0.167. The van der Waals surface area contributed by atoms with Gasteiger partial charge in [0.25, 0.3) is 0 Å². The maximum Gasteiger partial charge on any atom is 0.140 e. The summed E-state index contributed by atoms with van der Waals surface area (Å²) in [5.74, 6) is 0.868. The van der Waals surface area contributed by atoms with Gasteiger partial charge in [-0.2, -0.15) is 0 Å². The first-order chi connectivity index (χ1) is 10.6. The second-order valence-electron chi connectivity index (χ2n) is 5.24. The van der Waals surface area contributed by atoms with Crippen molar-refractivity contribution < 1.29 is 4.74 Å². The number of aryl methyl sites for hydroxylation is 2. The molecule has 0 aliphatic heterocycles. The first-order valence-corrected chi connectivity index (χ1v) is 7.95. The van der Waals surface area contributed by atoms with Gasteiger partial charge in [-0.3, -0.25) is 0 Å². The van der Waals surface area contributed by atoms with E-state index in [2.05, 4.69) is 13.8 Å². The Balaban J connectivity index is 1.74. The number of hydrogen-bond acceptors (Lipinski definition) is 4. The topological polar surface area (TPSA) is 48.1 Å². The lowest BCUT2D eigenvalue weighted by atomic mass is 10.1. The summed E-state index contributed by atoms with van der Waals surface area (Å²) in [5, 5.41) is 0.977. The Kier molecular flexibility index (Phi) is 4.11. The van der Waals surface area contributed by atoms with Crippen LogP contribution < -0.4 is 10.5 Å². The highest BCUT2D eigenvalue weighted by Crippen LogP contribution is 2.28. The van der Waals surface area contributed by atoms with Crippen LogP contribution in [0.3, 0.4) is 0 Å². The number of nitrogen functional groups attached to an aromatic ring is 1. The van der Waals surface area contributed by atoms with Gasteiger partial charge >= 0.3 is 0 Å². The van der Waals surface area contributed by atoms with E-state index in [1.807, 2.05) is 48.5 Å². The molecule has 0 atom stereocenters. The first kappa shape index (κ1) is 14.6. The molecule has 0 spiro atoms. The van der Waals surface area contributed by atoms with E-state index < -0.39 is 0 Å². The Bertz CT molecular complexity index is 761. The monoisotopic (exact) mass is 310 g/mol. The molecule has 22 heavy (non-hydrogen) atoms. The van der Waals surface area contributed by atoms with Crippen LogP contribution in [0.4, 0.5) is 5.69 Å². The van der Waals surface area contributed by atoms with E-state index in [9.17, 15) is 0 Å². The summed E-state index contributed by atoms with van der Waals surface area (Å²) in [6.07, 6.45) is 0. The Labute approximate surface area is 134 Å². The van der Waals surface area contributed by atoms with Crippen LogP contribution in [0.25, 0.3) is 11.3 Å². The minimum absolute atomic E-state index is 0.490. The van der Waals surface area contributed by atoms with Crippen LogP contribution in [0.2, 0.25) is 0 Å². The molecule has 1 aromatic heterocycles. The molecule has 2 N–H and O–H groups in total. The zero-order valence-electron chi connectivity index (χ0n) is 12.7. The molecule has 0 amide bonds. The average molecular weight is 310 g/mol. The second-order valence-corrected chi connectivity index (χ2v) is 6.52. The van der Waals surface area contributed by atoms with E-state index >= 15 is 0 Å². The smallest absolute Gasteiger partial charge is 0.140 e. The van der Waals surface area contributed by atoms with Crippen LogP contribution in [0.5, 0.6) is 5.75 Å². The number of ether oxygens (including phenoxy) is 1. The number of benzene rings is 2. The van der Waals surface area contributed by atoms with Gasteiger partial charge in [0, 0.05) is 16.1 Å². The van der Waals surface area contributed by atoms with Crippen LogP contribution in [0, 0.1) is 13.8 Å². The number of hydrogen-bond donors (Lipinski definition) is 1. The number of nitrogens with two attached hydrogens (primary N) is 1. The van der Waals surface area contributed by atoms with E-state index in [1.165, 1.54) is 10.4 Å². The Morgan fingerprint density at radius 3 is 2.36 bits per heavy atom. The average Bonchev–Trinajstić information content (AvgIpc) is 2.89. The highest BCUT2D eigenvalue weighted by atomic mass is 32.1. The predicted molar refractivity (Wildman–Crippen MR) is 92.2 cm³/mol. The summed E-state index contributed by atoms with van der Waals surface area (Å²) >= 11 is 1.67. The normalized spacial score (nSPS) is 10.6. The van der Waals surface area contributed by atoms with Gasteiger partial charge in [0.2, 0.25) is 0 Å². The lowest BCUT2D eigenvalue weighted by Crippen LogP contribution is -1.94. The number of rotatable bonds is 4. The van der Waals surface area contributed by atoms with Crippen molar-refractivity contribution in [2.24, 2.45) is 0 Å². The third kappa shape index (κ3) is 3.28. The minimum Gasteiger partial charge on any atom is -0.486 e. The van der Waals surface area contributed by atoms with Crippen molar-refractivity contribution in [2.75, 3.05) is 5.73 Å². The number of anilines is 1. The van der Waals surface area contributed by atoms with Crippen molar-refractivity contribution in [1.29, 1.82) is 0 Å². The lowest BCUT2D eigenvalue weighted by Gasteiger charge is -2.03. The highest BCUT2D eigenvalue weighted by Gasteiger charge is 2.10. The van der Waals surface area contributed by atoms with Gasteiger partial charge in [-0.15, -0.1) is 11.3 Å². The molecule has 0 unspecified atom stereocenters. The summed E-state index contributed by atoms with van der Waals surface area (Å²) in [4.78, 5) is 5.88. The summed E-state index contributed by atoms with van der Waals surface area (Å²) < 4.78 is 5.80. The van der Waals surface area contributed by atoms with Gasteiger partial charge in [-0.05, 0) is 38.1 Å². The quantitative estimate of drug-likeness (QED) is 0.717. The summed E-state index contributed by atoms with van der Waals surface area (Å²) in [7, 11) is 0. The molecule has 2 aromatic carbocycles. The minimum atomic E-state index is 0.490. The molecule has 3 rings (SSSR count). The highest BCUT2D eigenvalue weighted by molar-refractivity contribution is 7.12. The van der Waals surface area contributed by atoms with Crippen LogP contribution >= 0.6 is 11.3 Å². The van der Waals surface area contributed by atoms with Crippen molar-refractivity contribution >= 4 is 17.0 Å². The SMILES string of the molecule is Cc1ccc(OCc2nc(-c3ccc(N)cc3)c(C)s2)cc1. The van der Waals surface area contributed by atoms with Gasteiger partial charge in [0.05, 0.1) is 5.69 Å². The molecular formula is C18H18N2OS. The predicted octanol–water partition coefficient (Wildman–Crippen LogP) is 4.59. The zero-order chi connectivity index (χ0) is 15.5. The van der Waals surface area contributed by atoms with Crippen LogP contribution in [-0.4, -0.2) is 4.98 Å². The number of nitrogens with zero attached hydrogens (tertiary/aromatic N) is 1. The van der Waals surface area contributed by atoms with E-state index in [-0.39, 0.29) is 0 Å². The molecule has 0 bridgehead atoms. The molecular weight excluding hydrogens is 292 g/mol. The van der Waals surface area contributed by atoms with Crippen molar-refractivity contribution in [1.82, 2.24) is 4.98 Å². The molecule has 0 saturated heterocycles. The first-order valence-electron chi connectivity index (χ1n) is 7.13. The Hall–Kier alpha value is -2.33. The number of aromatic nitrogens is 1. The van der Waals surface area contributed by atoms with Gasteiger partial charge in [0.15, 0.2) is 0 Å². The molecule has 0 radical (unpaired) electrons. The molecule has 0 fully saturated rings. The standard InChI is InChI=1S/C18H18N2OS/c1-12-3-9-16(10-4-12)21-11-17-20-18(13(2)22-17)14-5-7-15(19)8-6-14/h3-10H,11,19H2,1-2H3. The molecule has 4 heteroatoms. The van der Waals surface area contributed by atoms with E-state index in [0.29, 0.717) is 6.61 Å². The molecule has 0 aliphatic rings. The fourth-order valence-electron chi connectivity index (χ4n) is 2.20. The second kappa shape index (κ2) is 6.20. The van der Waals surface area contributed by atoms with Gasteiger partial charge < -0.3 is 10.5 Å². The van der Waals surface area contributed by atoms with Crippen molar-refractivity contribution in [3.63, 3.8) is 0 Å². The van der Waals surface area contributed by atoms with Gasteiger partial charge in [-0.1, -0.05) is 29.8 Å². The van der Waals surface area contributed by atoms with Crippen molar-refractivity contribution in [2.45, 2.75) is 20.5 Å². The van der Waals surface area contributed by atoms with Crippen molar-refractivity contribution in [3.8, 4) is 17.0 Å². The van der Waals surface area contributed by atoms with Crippen LogP contribution in [0.15, 0.2) is 48.5 Å². The van der Waals surface area contributed by atoms with Crippen LogP contribution in [-0.2, 0) is 6.61 Å². The van der Waals surface area contributed by atoms with E-state index in [0.717, 1.165) is 27.7 Å². The lowest BCUT2D eigenvalue weighted by molar-refractivity contribution is 0.305. The molecule has 0 aliphatic carbocycles. The summed E-state index contributed by atoms with van der Waals surface area (Å²) in [6, 6.07) is 15.9. The van der Waals surface area contributed by atoms with Crippen molar-refractivity contribution in [3.05, 3.63) is 64.0 Å². The number of thiazole rings is 1. The van der Waals surface area contributed by atoms with Gasteiger partial charge in [-0.25, -0.2) is 4.98 Å². The summed E-state index contributed by atoms with van der Waals surface area (Å²) in [6.45, 7) is 4.63. The maximum absolute atomic E-state index is 5.80. The molecule has 3 aromatic rings. The molecule has 112 valence electrons. The van der Waals surface area contributed by atoms with E-state index in [1.54, 1.807) is 11.3 Å². The molecule has 1 heterocycles. The van der Waals surface area contributed by atoms with Gasteiger partial charge in [0.1, 0.15) is 17.4 Å². The Morgan fingerprint density at radius 2 is 1.68 bits per heavy atom.